The maximum atomic E-state index is 13.6. The summed E-state index contributed by atoms with van der Waals surface area (Å²) in [7, 11) is 1.52. The second-order valence-corrected chi connectivity index (χ2v) is 9.08. The molecule has 31 heavy (non-hydrogen) atoms. The van der Waals surface area contributed by atoms with Crippen LogP contribution in [0.3, 0.4) is 0 Å². The number of nitrogens with zero attached hydrogens (tertiary/aromatic N) is 3. The standard InChI is InChI=1S/C21H30F3N5O2/c1-19(2,3)17-28-16(29-31-17)12-27-18(25-7)26-11-13-8-9-14(30-20(4,5)6)10-15(13)21(22,23)24/h8-10H,11-12H2,1-7H3,(H2,25,26,27). The van der Waals surface area contributed by atoms with Crippen molar-refractivity contribution in [3.8, 4) is 5.75 Å². The van der Waals surface area contributed by atoms with Crippen molar-refractivity contribution in [2.24, 2.45) is 4.99 Å². The van der Waals surface area contributed by atoms with Gasteiger partial charge < -0.3 is 19.9 Å². The molecule has 0 aliphatic heterocycles. The van der Waals surface area contributed by atoms with E-state index in [2.05, 4.69) is 25.8 Å². The zero-order valence-electron chi connectivity index (χ0n) is 18.9. The molecule has 0 atom stereocenters. The van der Waals surface area contributed by atoms with E-state index in [-0.39, 0.29) is 29.8 Å². The first-order valence-electron chi connectivity index (χ1n) is 9.86. The van der Waals surface area contributed by atoms with Crippen LogP contribution in [-0.4, -0.2) is 28.7 Å². The normalized spacial score (nSPS) is 13.3. The molecule has 0 amide bonds. The smallest absolute Gasteiger partial charge is 0.416 e. The van der Waals surface area contributed by atoms with Crippen LogP contribution in [0.2, 0.25) is 0 Å². The van der Waals surface area contributed by atoms with Gasteiger partial charge in [-0.1, -0.05) is 32.0 Å². The molecule has 0 unspecified atom stereocenters. The third-order valence-electron chi connectivity index (χ3n) is 4.00. The summed E-state index contributed by atoms with van der Waals surface area (Å²) in [6, 6.07) is 3.95. The van der Waals surface area contributed by atoms with Crippen LogP contribution >= 0.6 is 0 Å². The maximum Gasteiger partial charge on any atom is 0.416 e. The first-order chi connectivity index (χ1) is 14.2. The SMILES string of the molecule is CN=C(NCc1noc(C(C)(C)C)n1)NCc1ccc(OC(C)(C)C)cc1C(F)(F)F. The summed E-state index contributed by atoms with van der Waals surface area (Å²) >= 11 is 0. The number of rotatable bonds is 5. The number of alkyl halides is 3. The summed E-state index contributed by atoms with van der Waals surface area (Å²) in [4.78, 5) is 8.34. The lowest BCUT2D eigenvalue weighted by Gasteiger charge is -2.23. The van der Waals surface area contributed by atoms with E-state index in [4.69, 9.17) is 9.26 Å². The molecule has 172 valence electrons. The van der Waals surface area contributed by atoms with Crippen LogP contribution in [0.25, 0.3) is 0 Å². The molecule has 1 aromatic heterocycles. The Morgan fingerprint density at radius 3 is 2.23 bits per heavy atom. The number of aromatic nitrogens is 2. The van der Waals surface area contributed by atoms with Crippen LogP contribution in [0.15, 0.2) is 27.7 Å². The van der Waals surface area contributed by atoms with Gasteiger partial charge in [-0.25, -0.2) is 0 Å². The highest BCUT2D eigenvalue weighted by atomic mass is 19.4. The molecular formula is C21H30F3N5O2. The number of hydrogen-bond acceptors (Lipinski definition) is 5. The van der Waals surface area contributed by atoms with Gasteiger partial charge in [-0.2, -0.15) is 18.2 Å². The molecule has 2 N–H and O–H groups in total. The molecule has 10 heteroatoms. The van der Waals surface area contributed by atoms with Gasteiger partial charge in [-0.3, -0.25) is 4.99 Å². The molecule has 2 aromatic rings. The fourth-order valence-corrected chi connectivity index (χ4v) is 2.58. The monoisotopic (exact) mass is 441 g/mol. The molecule has 1 aromatic carbocycles. The molecule has 0 saturated carbocycles. The zero-order chi connectivity index (χ0) is 23.4. The highest BCUT2D eigenvalue weighted by molar-refractivity contribution is 5.79. The van der Waals surface area contributed by atoms with Gasteiger partial charge in [0, 0.05) is 19.0 Å². The minimum atomic E-state index is -4.51. The van der Waals surface area contributed by atoms with E-state index in [0.717, 1.165) is 6.07 Å². The largest absolute Gasteiger partial charge is 0.488 e. The lowest BCUT2D eigenvalue weighted by Crippen LogP contribution is -2.37. The highest BCUT2D eigenvalue weighted by Gasteiger charge is 2.34. The minimum absolute atomic E-state index is 0.0753. The zero-order valence-corrected chi connectivity index (χ0v) is 18.9. The molecule has 2 rings (SSSR count). The highest BCUT2D eigenvalue weighted by Crippen LogP contribution is 2.35. The van der Waals surface area contributed by atoms with Crippen molar-refractivity contribution in [1.82, 2.24) is 20.8 Å². The molecular weight excluding hydrogens is 411 g/mol. The Balaban J connectivity index is 2.06. The number of hydrogen-bond donors (Lipinski definition) is 2. The van der Waals surface area contributed by atoms with Crippen LogP contribution in [0.1, 0.15) is 64.4 Å². The third kappa shape index (κ3) is 7.45. The van der Waals surface area contributed by atoms with Gasteiger partial charge in [-0.05, 0) is 38.5 Å². The quantitative estimate of drug-likeness (QED) is 0.528. The molecule has 0 radical (unpaired) electrons. The van der Waals surface area contributed by atoms with E-state index in [1.807, 2.05) is 20.8 Å². The van der Waals surface area contributed by atoms with Crippen molar-refractivity contribution in [3.63, 3.8) is 0 Å². The Kier molecular flexibility index (Phi) is 7.23. The fourth-order valence-electron chi connectivity index (χ4n) is 2.58. The van der Waals surface area contributed by atoms with Crippen molar-refractivity contribution in [1.29, 1.82) is 0 Å². The van der Waals surface area contributed by atoms with E-state index in [1.165, 1.54) is 19.2 Å². The summed E-state index contributed by atoms with van der Waals surface area (Å²) in [6.07, 6.45) is -4.51. The molecule has 0 bridgehead atoms. The number of halogens is 3. The van der Waals surface area contributed by atoms with Crippen LogP contribution in [0.4, 0.5) is 13.2 Å². The van der Waals surface area contributed by atoms with Crippen LogP contribution < -0.4 is 15.4 Å². The van der Waals surface area contributed by atoms with Gasteiger partial charge in [0.1, 0.15) is 11.4 Å². The van der Waals surface area contributed by atoms with Gasteiger partial charge in [0.05, 0.1) is 12.1 Å². The van der Waals surface area contributed by atoms with E-state index in [9.17, 15) is 13.2 Å². The van der Waals surface area contributed by atoms with Crippen LogP contribution in [0.5, 0.6) is 5.75 Å². The summed E-state index contributed by atoms with van der Waals surface area (Å²) in [5.74, 6) is 1.40. The number of guanidine groups is 1. The fraction of sp³-hybridized carbons (Fsp3) is 0.571. The Labute approximate surface area is 180 Å². The predicted molar refractivity (Wildman–Crippen MR) is 112 cm³/mol. The van der Waals surface area contributed by atoms with Gasteiger partial charge >= 0.3 is 6.18 Å². The number of aliphatic imine (C=N–C) groups is 1. The second-order valence-electron chi connectivity index (χ2n) is 9.08. The summed E-state index contributed by atoms with van der Waals surface area (Å²) in [5.41, 5.74) is -1.56. The van der Waals surface area contributed by atoms with Crippen molar-refractivity contribution >= 4 is 5.96 Å². The number of ether oxygens (including phenoxy) is 1. The van der Waals surface area contributed by atoms with Crippen molar-refractivity contribution in [3.05, 3.63) is 41.0 Å². The Morgan fingerprint density at radius 2 is 1.71 bits per heavy atom. The van der Waals surface area contributed by atoms with Crippen molar-refractivity contribution in [2.45, 2.75) is 71.8 Å². The summed E-state index contributed by atoms with van der Waals surface area (Å²) in [6.45, 7) is 11.3. The van der Waals surface area contributed by atoms with Gasteiger partial charge in [-0.15, -0.1) is 0 Å². The average molecular weight is 441 g/mol. The molecule has 0 aliphatic carbocycles. The summed E-state index contributed by atoms with van der Waals surface area (Å²) in [5, 5.41) is 9.75. The van der Waals surface area contributed by atoms with Gasteiger partial charge in [0.25, 0.3) is 0 Å². The molecule has 1 heterocycles. The average Bonchev–Trinajstić information content (AvgIpc) is 3.10. The molecule has 7 nitrogen and oxygen atoms in total. The van der Waals surface area contributed by atoms with E-state index in [0.29, 0.717) is 17.7 Å². The van der Waals surface area contributed by atoms with E-state index < -0.39 is 17.3 Å². The van der Waals surface area contributed by atoms with Gasteiger partial charge in [0.2, 0.25) is 5.89 Å². The Bertz CT molecular complexity index is 909. The van der Waals surface area contributed by atoms with E-state index >= 15 is 0 Å². The van der Waals surface area contributed by atoms with Gasteiger partial charge in [0.15, 0.2) is 11.8 Å². The van der Waals surface area contributed by atoms with Crippen molar-refractivity contribution in [2.75, 3.05) is 7.05 Å². The minimum Gasteiger partial charge on any atom is -0.488 e. The lowest BCUT2D eigenvalue weighted by atomic mass is 9.97. The van der Waals surface area contributed by atoms with Crippen LogP contribution in [0, 0.1) is 0 Å². The Hall–Kier alpha value is -2.78. The second kappa shape index (κ2) is 9.15. The molecule has 0 aliphatic rings. The van der Waals surface area contributed by atoms with Crippen molar-refractivity contribution < 1.29 is 22.4 Å². The number of benzene rings is 1. The van der Waals surface area contributed by atoms with E-state index in [1.54, 1.807) is 20.8 Å². The number of nitrogens with one attached hydrogen (secondary N) is 2. The maximum absolute atomic E-state index is 13.6. The van der Waals surface area contributed by atoms with Crippen LogP contribution in [-0.2, 0) is 24.7 Å². The first kappa shape index (κ1) is 24.5. The molecule has 0 spiro atoms. The topological polar surface area (TPSA) is 84.6 Å². The third-order valence-corrected chi connectivity index (χ3v) is 4.00. The molecule has 0 fully saturated rings. The lowest BCUT2D eigenvalue weighted by molar-refractivity contribution is -0.138. The Morgan fingerprint density at radius 1 is 1.06 bits per heavy atom. The summed E-state index contributed by atoms with van der Waals surface area (Å²) < 4.78 is 51.5. The molecule has 0 saturated heterocycles. The first-order valence-corrected chi connectivity index (χ1v) is 9.86. The predicted octanol–water partition coefficient (Wildman–Crippen LogP) is 4.43.